The first-order valence-corrected chi connectivity index (χ1v) is 12.5. The molecule has 0 amide bonds. The molecule has 3 heterocycles. The quantitative estimate of drug-likeness (QED) is 0.614. The van der Waals surface area contributed by atoms with Crippen LogP contribution in [0.4, 0.5) is 0 Å². The van der Waals surface area contributed by atoms with Gasteiger partial charge in [0, 0.05) is 34.5 Å². The van der Waals surface area contributed by atoms with Crippen molar-refractivity contribution in [1.82, 2.24) is 0 Å². The van der Waals surface area contributed by atoms with Gasteiger partial charge in [-0.25, -0.2) is 0 Å². The molecule has 0 nitrogen and oxygen atoms in total. The first-order valence-electron chi connectivity index (χ1n) is 6.58. The van der Waals surface area contributed by atoms with Crippen LogP contribution in [0.25, 0.3) is 0 Å². The van der Waals surface area contributed by atoms with Gasteiger partial charge in [-0.1, -0.05) is 0 Å². The molecule has 4 aliphatic rings. The van der Waals surface area contributed by atoms with E-state index in [0.29, 0.717) is 12.2 Å². The summed E-state index contributed by atoms with van der Waals surface area (Å²) in [6.45, 7) is 0. The fourth-order valence-corrected chi connectivity index (χ4v) is 15.5. The van der Waals surface area contributed by atoms with Gasteiger partial charge in [0.25, 0.3) is 0 Å². The van der Waals surface area contributed by atoms with Crippen LogP contribution in [0, 0.1) is 0 Å². The Morgan fingerprint density at radius 3 is 0.833 bits per heavy atom. The third kappa shape index (κ3) is 2.39. The average Bonchev–Trinajstić information content (AvgIpc) is 3.03. The van der Waals surface area contributed by atoms with Gasteiger partial charge in [0.05, 0.1) is 12.2 Å². The summed E-state index contributed by atoms with van der Waals surface area (Å²) < 4.78 is 1.73. The molecule has 4 rings (SSSR count). The van der Waals surface area contributed by atoms with Crippen molar-refractivity contribution in [3.05, 3.63) is 0 Å². The predicted octanol–water partition coefficient (Wildman–Crippen LogP) is 4.70. The second-order valence-corrected chi connectivity index (χ2v) is 15.0. The van der Waals surface area contributed by atoms with Crippen molar-refractivity contribution in [1.29, 1.82) is 0 Å². The molecule has 1 saturated carbocycles. The van der Waals surface area contributed by atoms with E-state index in [-0.39, 0.29) is 0 Å². The fraction of sp³-hybridized carbons (Fsp3) is 1.00. The highest BCUT2D eigenvalue weighted by atomic mass is 32.2. The Morgan fingerprint density at radius 1 is 0.389 bits per heavy atom. The lowest BCUT2D eigenvalue weighted by Crippen LogP contribution is -2.46. The molecule has 102 valence electrons. The van der Waals surface area contributed by atoms with Gasteiger partial charge in [0.15, 0.2) is 0 Å². The maximum atomic E-state index is 2.30. The molecule has 3 saturated heterocycles. The second kappa shape index (κ2) is 5.08. The molecule has 18 heavy (non-hydrogen) atoms. The van der Waals surface area contributed by atoms with E-state index >= 15 is 0 Å². The molecule has 0 radical (unpaired) electrons. The normalized spacial score (nSPS) is 36.0. The molecule has 1 aliphatic carbocycles. The summed E-state index contributed by atoms with van der Waals surface area (Å²) in [6.07, 6.45) is 4.40. The van der Waals surface area contributed by atoms with Gasteiger partial charge >= 0.3 is 0 Å². The van der Waals surface area contributed by atoms with Gasteiger partial charge in [-0.3, -0.25) is 0 Å². The average molecular weight is 355 g/mol. The lowest BCUT2D eigenvalue weighted by Gasteiger charge is -2.50. The van der Waals surface area contributed by atoms with Crippen molar-refractivity contribution < 1.29 is 0 Å². The molecule has 6 heteroatoms. The highest BCUT2D eigenvalue weighted by molar-refractivity contribution is 8.24. The topological polar surface area (TPSA) is 0 Å². The molecule has 4 fully saturated rings. The van der Waals surface area contributed by atoms with Crippen molar-refractivity contribution in [3.8, 4) is 0 Å². The van der Waals surface area contributed by atoms with Crippen LogP contribution in [0.15, 0.2) is 0 Å². The van der Waals surface area contributed by atoms with Gasteiger partial charge in [-0.2, -0.15) is 0 Å². The molecule has 0 unspecified atom stereocenters. The monoisotopic (exact) mass is 354 g/mol. The molecule has 0 aromatic carbocycles. The Balaban J connectivity index is 1.66. The van der Waals surface area contributed by atoms with Crippen molar-refractivity contribution in [3.63, 3.8) is 0 Å². The maximum absolute atomic E-state index is 2.30. The van der Waals surface area contributed by atoms with Crippen molar-refractivity contribution in [2.24, 2.45) is 0 Å². The summed E-state index contributed by atoms with van der Waals surface area (Å²) in [5, 5.41) is 0. The van der Waals surface area contributed by atoms with Crippen LogP contribution >= 0.6 is 70.6 Å². The number of hydrogen-bond acceptors (Lipinski definition) is 6. The van der Waals surface area contributed by atoms with E-state index in [0.717, 1.165) is 0 Å². The van der Waals surface area contributed by atoms with Crippen LogP contribution in [0.3, 0.4) is 0 Å². The van der Waals surface area contributed by atoms with Gasteiger partial charge in [-0.05, 0) is 19.3 Å². The summed E-state index contributed by atoms with van der Waals surface area (Å²) in [7, 11) is 0. The van der Waals surface area contributed by atoms with Crippen LogP contribution < -0.4 is 0 Å². The summed E-state index contributed by atoms with van der Waals surface area (Å²) in [4.78, 5) is 0. The summed E-state index contributed by atoms with van der Waals surface area (Å²) in [5.41, 5.74) is 0. The molecule has 3 aliphatic heterocycles. The number of hydrogen-bond donors (Lipinski definition) is 0. The summed E-state index contributed by atoms with van der Waals surface area (Å²) in [5.74, 6) is 8.34. The molecule has 0 aromatic heterocycles. The zero-order chi connectivity index (χ0) is 12.1. The summed E-state index contributed by atoms with van der Waals surface area (Å²) >= 11 is 13.8. The molecular formula is C12H18S6. The number of rotatable bonds is 0. The van der Waals surface area contributed by atoms with Crippen LogP contribution in [0.1, 0.15) is 19.3 Å². The van der Waals surface area contributed by atoms with E-state index in [1.807, 2.05) is 0 Å². The van der Waals surface area contributed by atoms with Gasteiger partial charge in [-0.15, -0.1) is 70.6 Å². The highest BCUT2D eigenvalue weighted by Crippen LogP contribution is 2.70. The van der Waals surface area contributed by atoms with E-state index in [1.54, 1.807) is 0 Å². The minimum absolute atomic E-state index is 0.576. The third-order valence-corrected chi connectivity index (χ3v) is 14.3. The first-order chi connectivity index (χ1) is 8.74. The standard InChI is InChI=1S/C12H18S6/c1-2-14-10(13-1)7-11(15-3-4-16-11)9-12(8-10)17-5-6-18-12/h1-9H2. The molecule has 0 N–H and O–H groups in total. The SMILES string of the molecule is C1CSC2(CC3(CC4(C2)SCCS4)SCCS3)S1. The zero-order valence-electron chi connectivity index (χ0n) is 10.3. The molecule has 3 spiro atoms. The molecule has 0 aromatic rings. The smallest absolute Gasteiger partial charge is 0.0654 e. The van der Waals surface area contributed by atoms with Crippen molar-refractivity contribution >= 4 is 70.6 Å². The molecule has 0 atom stereocenters. The number of thioether (sulfide) groups is 6. The fourth-order valence-electron chi connectivity index (χ4n) is 3.52. The largest absolute Gasteiger partial charge is 0.143 e. The van der Waals surface area contributed by atoms with Crippen molar-refractivity contribution in [2.45, 2.75) is 31.5 Å². The van der Waals surface area contributed by atoms with Crippen molar-refractivity contribution in [2.75, 3.05) is 34.5 Å². The zero-order valence-corrected chi connectivity index (χ0v) is 15.2. The lowest BCUT2D eigenvalue weighted by molar-refractivity contribution is 0.471. The predicted molar refractivity (Wildman–Crippen MR) is 96.8 cm³/mol. The Bertz CT molecular complexity index is 261. The Morgan fingerprint density at radius 2 is 0.611 bits per heavy atom. The third-order valence-electron chi connectivity index (χ3n) is 4.06. The van der Waals surface area contributed by atoms with Gasteiger partial charge in [0.1, 0.15) is 0 Å². The molecule has 0 bridgehead atoms. The summed E-state index contributed by atoms with van der Waals surface area (Å²) in [6, 6.07) is 0. The van der Waals surface area contributed by atoms with E-state index in [1.165, 1.54) is 53.8 Å². The van der Waals surface area contributed by atoms with E-state index in [9.17, 15) is 0 Å². The Kier molecular flexibility index (Phi) is 3.88. The lowest BCUT2D eigenvalue weighted by atomic mass is 9.97. The minimum Gasteiger partial charge on any atom is -0.143 e. The van der Waals surface area contributed by atoms with Gasteiger partial charge in [0.2, 0.25) is 0 Å². The highest BCUT2D eigenvalue weighted by Gasteiger charge is 2.59. The first kappa shape index (κ1) is 13.7. The Hall–Kier alpha value is 2.10. The van der Waals surface area contributed by atoms with Crippen LogP contribution in [-0.2, 0) is 0 Å². The van der Waals surface area contributed by atoms with Gasteiger partial charge < -0.3 is 0 Å². The minimum atomic E-state index is 0.576. The van der Waals surface area contributed by atoms with E-state index in [4.69, 9.17) is 0 Å². The molecular weight excluding hydrogens is 337 g/mol. The second-order valence-electron chi connectivity index (χ2n) is 5.35. The maximum Gasteiger partial charge on any atom is 0.0654 e. The van der Waals surface area contributed by atoms with E-state index < -0.39 is 0 Å². The Labute approximate surface area is 135 Å². The van der Waals surface area contributed by atoms with Crippen LogP contribution in [0.2, 0.25) is 0 Å². The van der Waals surface area contributed by atoms with Crippen LogP contribution in [0.5, 0.6) is 0 Å². The van der Waals surface area contributed by atoms with Crippen LogP contribution in [-0.4, -0.2) is 46.8 Å². The van der Waals surface area contributed by atoms with E-state index in [2.05, 4.69) is 70.6 Å².